The molecule has 0 bridgehead atoms. The summed E-state index contributed by atoms with van der Waals surface area (Å²) in [7, 11) is 1.70. The Morgan fingerprint density at radius 1 is 1.38 bits per heavy atom. The van der Waals surface area contributed by atoms with Gasteiger partial charge >= 0.3 is 0 Å². The number of carbonyl (C=O) groups excluding carboxylic acids is 1. The van der Waals surface area contributed by atoms with Crippen molar-refractivity contribution in [1.29, 1.82) is 0 Å². The van der Waals surface area contributed by atoms with Crippen LogP contribution in [0, 0.1) is 5.92 Å². The fourth-order valence-electron chi connectivity index (χ4n) is 2.83. The lowest BCUT2D eigenvalue weighted by atomic mass is 9.95. The van der Waals surface area contributed by atoms with Gasteiger partial charge in [-0.2, -0.15) is 0 Å². The maximum Gasteiger partial charge on any atom is 0.222 e. The number of halogens is 1. The first-order valence-electron chi connectivity index (χ1n) is 7.06. The molecule has 2 aromatic rings. The van der Waals surface area contributed by atoms with Crippen LogP contribution in [0.1, 0.15) is 12.8 Å². The van der Waals surface area contributed by atoms with Crippen molar-refractivity contribution in [3.8, 4) is 0 Å². The van der Waals surface area contributed by atoms with Gasteiger partial charge in [-0.25, -0.2) is 0 Å². The number of rotatable bonds is 2. The number of anilines is 1. The standard InChI is InChI=1S/C15H17BrN4O/c1-17-15(21)10-3-6-20(7-4-10)13-2-5-18-12-8-11(16)9-19-14(12)13/h2,5,8-10H,3-4,6-7H2,1H3,(H,17,21). The number of pyridine rings is 2. The fourth-order valence-corrected chi connectivity index (χ4v) is 3.15. The van der Waals surface area contributed by atoms with Crippen LogP contribution in [0.5, 0.6) is 0 Å². The number of carbonyl (C=O) groups is 1. The van der Waals surface area contributed by atoms with Crippen molar-refractivity contribution < 1.29 is 4.79 Å². The van der Waals surface area contributed by atoms with E-state index in [1.54, 1.807) is 13.2 Å². The molecule has 2 aromatic heterocycles. The number of aromatic nitrogens is 2. The minimum atomic E-state index is 0.126. The molecule has 110 valence electrons. The van der Waals surface area contributed by atoms with Gasteiger partial charge in [-0.15, -0.1) is 0 Å². The lowest BCUT2D eigenvalue weighted by molar-refractivity contribution is -0.125. The molecular weight excluding hydrogens is 332 g/mol. The molecule has 1 saturated heterocycles. The summed E-state index contributed by atoms with van der Waals surface area (Å²) in [5.74, 6) is 0.276. The highest BCUT2D eigenvalue weighted by molar-refractivity contribution is 9.10. The fraction of sp³-hybridized carbons (Fsp3) is 0.400. The van der Waals surface area contributed by atoms with E-state index >= 15 is 0 Å². The zero-order valence-electron chi connectivity index (χ0n) is 11.8. The highest BCUT2D eigenvalue weighted by Crippen LogP contribution is 2.29. The Balaban J connectivity index is 1.84. The number of nitrogens with one attached hydrogen (secondary N) is 1. The summed E-state index contributed by atoms with van der Waals surface area (Å²) < 4.78 is 0.929. The molecule has 1 N–H and O–H groups in total. The van der Waals surface area contributed by atoms with E-state index in [1.165, 1.54) is 0 Å². The Hall–Kier alpha value is -1.69. The molecule has 1 aliphatic heterocycles. The Kier molecular flexibility index (Phi) is 4.05. The molecule has 0 saturated carbocycles. The highest BCUT2D eigenvalue weighted by Gasteiger charge is 2.25. The molecule has 1 amide bonds. The van der Waals surface area contributed by atoms with Gasteiger partial charge in [0.05, 0.1) is 11.2 Å². The molecule has 1 aliphatic rings. The Morgan fingerprint density at radius 3 is 2.86 bits per heavy atom. The van der Waals surface area contributed by atoms with Crippen LogP contribution in [0.2, 0.25) is 0 Å². The molecule has 0 atom stereocenters. The van der Waals surface area contributed by atoms with E-state index < -0.39 is 0 Å². The van der Waals surface area contributed by atoms with Crippen LogP contribution >= 0.6 is 15.9 Å². The quantitative estimate of drug-likeness (QED) is 0.904. The first-order valence-corrected chi connectivity index (χ1v) is 7.85. The summed E-state index contributed by atoms with van der Waals surface area (Å²) >= 11 is 3.42. The molecule has 0 radical (unpaired) electrons. The van der Waals surface area contributed by atoms with Gasteiger partial charge in [0.1, 0.15) is 5.52 Å². The number of hydrogen-bond acceptors (Lipinski definition) is 4. The molecule has 3 rings (SSSR count). The van der Waals surface area contributed by atoms with Gasteiger partial charge in [-0.1, -0.05) is 0 Å². The summed E-state index contributed by atoms with van der Waals surface area (Å²) in [6.07, 6.45) is 5.36. The third kappa shape index (κ3) is 2.85. The van der Waals surface area contributed by atoms with Crippen molar-refractivity contribution in [1.82, 2.24) is 15.3 Å². The summed E-state index contributed by atoms with van der Waals surface area (Å²) in [6.45, 7) is 1.74. The normalized spacial score (nSPS) is 16.2. The van der Waals surface area contributed by atoms with E-state index in [-0.39, 0.29) is 11.8 Å². The highest BCUT2D eigenvalue weighted by atomic mass is 79.9. The SMILES string of the molecule is CNC(=O)C1CCN(c2ccnc3cc(Br)cnc23)CC1. The van der Waals surface area contributed by atoms with Gasteiger partial charge < -0.3 is 10.2 Å². The molecule has 6 heteroatoms. The summed E-state index contributed by atoms with van der Waals surface area (Å²) in [4.78, 5) is 22.9. The first kappa shape index (κ1) is 14.3. The predicted octanol–water partition coefficient (Wildman–Crippen LogP) is 2.35. The maximum atomic E-state index is 11.7. The van der Waals surface area contributed by atoms with Crippen LogP contribution in [-0.4, -0.2) is 36.0 Å². The van der Waals surface area contributed by atoms with Crippen LogP contribution in [0.25, 0.3) is 11.0 Å². The number of fused-ring (bicyclic) bond motifs is 1. The minimum absolute atomic E-state index is 0.126. The molecule has 0 spiro atoms. The number of nitrogens with zero attached hydrogens (tertiary/aromatic N) is 3. The molecular formula is C15H17BrN4O. The van der Waals surface area contributed by atoms with Gasteiger partial charge in [0.25, 0.3) is 0 Å². The van der Waals surface area contributed by atoms with E-state index in [1.807, 2.05) is 18.3 Å². The van der Waals surface area contributed by atoms with Gasteiger partial charge in [0.2, 0.25) is 5.91 Å². The maximum absolute atomic E-state index is 11.7. The van der Waals surface area contributed by atoms with E-state index in [2.05, 4.69) is 36.1 Å². The van der Waals surface area contributed by atoms with Crippen LogP contribution in [-0.2, 0) is 4.79 Å². The van der Waals surface area contributed by atoms with Gasteiger partial charge in [0.15, 0.2) is 0 Å². The van der Waals surface area contributed by atoms with Crippen molar-refractivity contribution in [2.24, 2.45) is 5.92 Å². The van der Waals surface area contributed by atoms with E-state index in [0.29, 0.717) is 0 Å². The van der Waals surface area contributed by atoms with E-state index in [9.17, 15) is 4.79 Å². The molecule has 0 unspecified atom stereocenters. The second-order valence-electron chi connectivity index (χ2n) is 5.23. The van der Waals surface area contributed by atoms with Crippen molar-refractivity contribution in [3.05, 3.63) is 29.0 Å². The second-order valence-corrected chi connectivity index (χ2v) is 6.14. The number of hydrogen-bond donors (Lipinski definition) is 1. The minimum Gasteiger partial charge on any atom is -0.370 e. The van der Waals surface area contributed by atoms with E-state index in [4.69, 9.17) is 0 Å². The van der Waals surface area contributed by atoms with Crippen LogP contribution in [0.15, 0.2) is 29.0 Å². The van der Waals surface area contributed by atoms with Crippen LogP contribution in [0.4, 0.5) is 5.69 Å². The largest absolute Gasteiger partial charge is 0.370 e. The Morgan fingerprint density at radius 2 is 2.14 bits per heavy atom. The lowest BCUT2D eigenvalue weighted by Gasteiger charge is -2.33. The average Bonchev–Trinajstić information content (AvgIpc) is 2.53. The smallest absolute Gasteiger partial charge is 0.222 e. The first-order chi connectivity index (χ1) is 10.2. The molecule has 1 fully saturated rings. The summed E-state index contributed by atoms with van der Waals surface area (Å²) in [5, 5.41) is 2.74. The van der Waals surface area contributed by atoms with Gasteiger partial charge in [0, 0.05) is 42.9 Å². The van der Waals surface area contributed by atoms with Crippen molar-refractivity contribution in [3.63, 3.8) is 0 Å². The zero-order chi connectivity index (χ0) is 14.8. The van der Waals surface area contributed by atoms with Crippen LogP contribution in [0.3, 0.4) is 0 Å². The monoisotopic (exact) mass is 348 g/mol. The Bertz CT molecular complexity index is 668. The molecule has 0 aliphatic carbocycles. The molecule has 5 nitrogen and oxygen atoms in total. The summed E-state index contributed by atoms with van der Waals surface area (Å²) in [5.41, 5.74) is 2.90. The average molecular weight is 349 g/mol. The third-order valence-electron chi connectivity index (χ3n) is 3.98. The third-order valence-corrected chi connectivity index (χ3v) is 4.41. The predicted molar refractivity (Wildman–Crippen MR) is 86.2 cm³/mol. The molecule has 0 aromatic carbocycles. The van der Waals surface area contributed by atoms with Crippen molar-refractivity contribution in [2.75, 3.05) is 25.0 Å². The van der Waals surface area contributed by atoms with Gasteiger partial charge in [-0.3, -0.25) is 14.8 Å². The van der Waals surface area contributed by atoms with Crippen molar-refractivity contribution in [2.45, 2.75) is 12.8 Å². The van der Waals surface area contributed by atoms with Gasteiger partial charge in [-0.05, 0) is 40.9 Å². The summed E-state index contributed by atoms with van der Waals surface area (Å²) in [6, 6.07) is 3.98. The topological polar surface area (TPSA) is 58.1 Å². The number of amides is 1. The molecule has 21 heavy (non-hydrogen) atoms. The number of piperidine rings is 1. The van der Waals surface area contributed by atoms with Crippen molar-refractivity contribution >= 4 is 38.6 Å². The zero-order valence-corrected chi connectivity index (χ0v) is 13.4. The Labute approximate surface area is 131 Å². The molecule has 3 heterocycles. The van der Waals surface area contributed by atoms with E-state index in [0.717, 1.165) is 47.1 Å². The lowest BCUT2D eigenvalue weighted by Crippen LogP contribution is -2.39. The second kappa shape index (κ2) is 5.97. The van der Waals surface area contributed by atoms with Crippen LogP contribution < -0.4 is 10.2 Å².